The van der Waals surface area contributed by atoms with E-state index in [0.29, 0.717) is 22.8 Å². The van der Waals surface area contributed by atoms with E-state index in [0.717, 1.165) is 6.26 Å². The summed E-state index contributed by atoms with van der Waals surface area (Å²) in [6.45, 7) is 1.88. The van der Waals surface area contributed by atoms with Gasteiger partial charge in [-0.1, -0.05) is 6.92 Å². The van der Waals surface area contributed by atoms with E-state index in [-0.39, 0.29) is 10.5 Å². The van der Waals surface area contributed by atoms with Gasteiger partial charge in [0.15, 0.2) is 15.0 Å². The first-order chi connectivity index (χ1) is 10.3. The second kappa shape index (κ2) is 6.36. The maximum Gasteiger partial charge on any atom is 0.252 e. The molecule has 8 heteroatoms. The Bertz CT molecular complexity index is 802. The average Bonchev–Trinajstić information content (AvgIpc) is 2.98. The fraction of sp³-hybridized carbons (Fsp3) is 0.286. The zero-order valence-corrected chi connectivity index (χ0v) is 14.7. The maximum atomic E-state index is 12.1. The highest BCUT2D eigenvalue weighted by molar-refractivity contribution is 7.90. The first-order valence-electron chi connectivity index (χ1n) is 6.45. The first kappa shape index (κ1) is 16.9. The van der Waals surface area contributed by atoms with Crippen molar-refractivity contribution in [1.82, 2.24) is 4.98 Å². The van der Waals surface area contributed by atoms with Crippen molar-refractivity contribution in [1.29, 1.82) is 0 Å². The summed E-state index contributed by atoms with van der Waals surface area (Å²) in [5, 5.41) is 1.81. The summed E-state index contributed by atoms with van der Waals surface area (Å²) in [7, 11) is -1.79. The highest BCUT2D eigenvalue weighted by Crippen LogP contribution is 2.34. The lowest BCUT2D eigenvalue weighted by Gasteiger charge is -2.21. The summed E-state index contributed by atoms with van der Waals surface area (Å²) >= 11 is 6.98. The number of aryl methyl sites for hydroxylation is 1. The van der Waals surface area contributed by atoms with Crippen LogP contribution in [0, 0.1) is 0 Å². The molecule has 0 saturated heterocycles. The van der Waals surface area contributed by atoms with E-state index in [9.17, 15) is 13.2 Å². The van der Waals surface area contributed by atoms with Crippen molar-refractivity contribution in [3.63, 3.8) is 0 Å². The van der Waals surface area contributed by atoms with Crippen LogP contribution >= 0.6 is 22.9 Å². The number of thiazole rings is 1. The van der Waals surface area contributed by atoms with Crippen LogP contribution in [0.1, 0.15) is 22.8 Å². The number of hydrogen-bond acceptors (Lipinski definition) is 6. The van der Waals surface area contributed by atoms with E-state index in [4.69, 9.17) is 11.6 Å². The fourth-order valence-corrected chi connectivity index (χ4v) is 3.84. The molecule has 5 nitrogen and oxygen atoms in total. The Hall–Kier alpha value is -1.44. The second-order valence-corrected chi connectivity index (χ2v) is 7.95. The Kier molecular flexibility index (Phi) is 4.89. The Labute approximate surface area is 138 Å². The molecule has 2 rings (SSSR count). The van der Waals surface area contributed by atoms with Crippen LogP contribution < -0.4 is 4.90 Å². The van der Waals surface area contributed by atoms with Crippen molar-refractivity contribution < 1.29 is 13.2 Å². The fourth-order valence-electron chi connectivity index (χ4n) is 2.13. The number of nitrogens with zero attached hydrogens (tertiary/aromatic N) is 2. The Morgan fingerprint density at radius 1 is 1.41 bits per heavy atom. The molecule has 1 aromatic heterocycles. The van der Waals surface area contributed by atoms with Crippen molar-refractivity contribution >= 4 is 48.8 Å². The highest BCUT2D eigenvalue weighted by atomic mass is 35.5. The van der Waals surface area contributed by atoms with E-state index in [1.54, 1.807) is 24.2 Å². The lowest BCUT2D eigenvalue weighted by Crippen LogP contribution is -2.15. The number of rotatable bonds is 5. The van der Waals surface area contributed by atoms with Crippen LogP contribution in [0.15, 0.2) is 28.6 Å². The van der Waals surface area contributed by atoms with Gasteiger partial charge in [-0.05, 0) is 35.7 Å². The summed E-state index contributed by atoms with van der Waals surface area (Å²) in [5.74, 6) is 0. The summed E-state index contributed by atoms with van der Waals surface area (Å²) in [6.07, 6.45) is 3.32. The van der Waals surface area contributed by atoms with Crippen LogP contribution in [-0.2, 0) is 16.3 Å². The minimum atomic E-state index is -3.53. The van der Waals surface area contributed by atoms with Crippen LogP contribution in [0.25, 0.3) is 0 Å². The molecule has 0 saturated carbocycles. The number of halogens is 1. The van der Waals surface area contributed by atoms with Gasteiger partial charge in [-0.25, -0.2) is 13.4 Å². The van der Waals surface area contributed by atoms with Crippen LogP contribution in [0.5, 0.6) is 0 Å². The predicted molar refractivity (Wildman–Crippen MR) is 89.3 cm³/mol. The van der Waals surface area contributed by atoms with Gasteiger partial charge in [-0.3, -0.25) is 4.79 Å². The molecule has 0 amide bonds. The van der Waals surface area contributed by atoms with E-state index in [1.807, 2.05) is 12.3 Å². The maximum absolute atomic E-state index is 12.1. The SMILES string of the molecule is CCc1cc(N(C)c2nccs2)c(S(C)(=O)=O)cc1C(=O)Cl. The monoisotopic (exact) mass is 358 g/mol. The molecule has 2 aromatic rings. The van der Waals surface area contributed by atoms with Crippen molar-refractivity contribution in [3.8, 4) is 0 Å². The molecule has 1 aromatic carbocycles. The molecule has 0 bridgehead atoms. The molecule has 0 unspecified atom stereocenters. The number of carbonyl (C=O) groups is 1. The summed E-state index contributed by atoms with van der Waals surface area (Å²) in [5.41, 5.74) is 1.41. The van der Waals surface area contributed by atoms with Gasteiger partial charge in [-0.2, -0.15) is 0 Å². The van der Waals surface area contributed by atoms with Gasteiger partial charge in [0.25, 0.3) is 5.24 Å². The van der Waals surface area contributed by atoms with Gasteiger partial charge in [0.1, 0.15) is 0 Å². The minimum Gasteiger partial charge on any atom is -0.320 e. The second-order valence-electron chi connectivity index (χ2n) is 4.75. The van der Waals surface area contributed by atoms with Gasteiger partial charge < -0.3 is 4.90 Å². The molecular weight excluding hydrogens is 344 g/mol. The van der Waals surface area contributed by atoms with Crippen molar-refractivity contribution in [2.45, 2.75) is 18.2 Å². The lowest BCUT2D eigenvalue weighted by atomic mass is 10.0. The number of benzene rings is 1. The van der Waals surface area contributed by atoms with Crippen molar-refractivity contribution in [2.24, 2.45) is 0 Å². The molecule has 0 fully saturated rings. The highest BCUT2D eigenvalue weighted by Gasteiger charge is 2.22. The summed E-state index contributed by atoms with van der Waals surface area (Å²) in [4.78, 5) is 17.5. The Balaban J connectivity index is 2.74. The third-order valence-corrected chi connectivity index (χ3v) is 5.42. The van der Waals surface area contributed by atoms with E-state index in [2.05, 4.69) is 4.98 Å². The summed E-state index contributed by atoms with van der Waals surface area (Å²) in [6, 6.07) is 3.04. The molecule has 0 atom stereocenters. The van der Waals surface area contributed by atoms with Gasteiger partial charge in [-0.15, -0.1) is 11.3 Å². The van der Waals surface area contributed by atoms with Crippen molar-refractivity contribution in [3.05, 3.63) is 34.8 Å². The Morgan fingerprint density at radius 3 is 2.55 bits per heavy atom. The third kappa shape index (κ3) is 3.31. The largest absolute Gasteiger partial charge is 0.320 e. The normalized spacial score (nSPS) is 11.5. The predicted octanol–water partition coefficient (Wildman–Crippen LogP) is 3.26. The molecular formula is C14H15ClN2O3S2. The first-order valence-corrected chi connectivity index (χ1v) is 9.60. The van der Waals surface area contributed by atoms with Crippen molar-refractivity contribution in [2.75, 3.05) is 18.2 Å². The molecule has 1 heterocycles. The minimum absolute atomic E-state index is 0.0615. The van der Waals surface area contributed by atoms with Crippen LogP contribution in [0.4, 0.5) is 10.8 Å². The Morgan fingerprint density at radius 2 is 2.09 bits per heavy atom. The summed E-state index contributed by atoms with van der Waals surface area (Å²) < 4.78 is 24.2. The number of aromatic nitrogens is 1. The van der Waals surface area contributed by atoms with Gasteiger partial charge >= 0.3 is 0 Å². The van der Waals surface area contributed by atoms with E-state index < -0.39 is 15.1 Å². The number of anilines is 2. The molecule has 0 aliphatic heterocycles. The van der Waals surface area contributed by atoms with Crippen LogP contribution in [0.3, 0.4) is 0 Å². The standard InChI is InChI=1S/C14H15ClN2O3S2/c1-4-9-7-11(17(2)14-16-5-6-21-14)12(22(3,19)20)8-10(9)13(15)18/h5-8H,4H2,1-3H3. The molecule has 0 aliphatic carbocycles. The zero-order valence-electron chi connectivity index (χ0n) is 12.3. The average molecular weight is 359 g/mol. The lowest BCUT2D eigenvalue weighted by molar-refractivity contribution is 0.108. The molecule has 0 spiro atoms. The van der Waals surface area contributed by atoms with Gasteiger partial charge in [0.05, 0.1) is 10.6 Å². The van der Waals surface area contributed by atoms with Crippen LogP contribution in [0.2, 0.25) is 0 Å². The molecule has 0 aliphatic rings. The zero-order chi connectivity index (χ0) is 16.5. The topological polar surface area (TPSA) is 67.3 Å². The quantitative estimate of drug-likeness (QED) is 0.767. The number of hydrogen-bond donors (Lipinski definition) is 0. The van der Waals surface area contributed by atoms with Crippen LogP contribution in [-0.4, -0.2) is 31.9 Å². The molecule has 0 radical (unpaired) electrons. The molecule has 22 heavy (non-hydrogen) atoms. The third-order valence-electron chi connectivity index (χ3n) is 3.24. The molecule has 118 valence electrons. The van der Waals surface area contributed by atoms with Gasteiger partial charge in [0, 0.05) is 30.4 Å². The number of carbonyl (C=O) groups excluding carboxylic acids is 1. The van der Waals surface area contributed by atoms with E-state index in [1.165, 1.54) is 17.4 Å². The van der Waals surface area contributed by atoms with Gasteiger partial charge in [0.2, 0.25) is 0 Å². The van der Waals surface area contributed by atoms with E-state index >= 15 is 0 Å². The molecule has 0 N–H and O–H groups in total. The number of sulfone groups is 1. The smallest absolute Gasteiger partial charge is 0.252 e.